The van der Waals surface area contributed by atoms with Crippen LogP contribution in [0.4, 0.5) is 4.79 Å². The van der Waals surface area contributed by atoms with Crippen LogP contribution in [0.1, 0.15) is 30.1 Å². The number of carbonyl (C=O) groups excluding carboxylic acids is 3. The van der Waals surface area contributed by atoms with Crippen LogP contribution in [-0.4, -0.2) is 90.9 Å². The SMILES string of the molecule is C[C@@]1(COC(=O)NC2CCN(C(=O)c3ccc(O)c(O)c3)C2)S[C@@H]2CC(=O)N2[C@H]1C(=O)O. The molecule has 3 amide bonds. The first-order valence-electron chi connectivity index (χ1n) is 10.1. The molecule has 0 aliphatic carbocycles. The third-order valence-corrected chi connectivity index (χ3v) is 7.50. The van der Waals surface area contributed by atoms with Gasteiger partial charge in [0, 0.05) is 18.7 Å². The molecule has 172 valence electrons. The van der Waals surface area contributed by atoms with Crippen LogP contribution in [0.2, 0.25) is 0 Å². The number of hydrogen-bond donors (Lipinski definition) is 4. The molecular weight excluding hydrogens is 442 g/mol. The van der Waals surface area contributed by atoms with Crippen molar-refractivity contribution in [2.24, 2.45) is 0 Å². The molecule has 4 N–H and O–H groups in total. The zero-order chi connectivity index (χ0) is 23.2. The number of nitrogens with one attached hydrogen (secondary N) is 1. The van der Waals surface area contributed by atoms with Crippen molar-refractivity contribution in [3.63, 3.8) is 0 Å². The number of phenolic OH excluding ortho intramolecular Hbond substituents is 2. The molecule has 4 rings (SSSR count). The van der Waals surface area contributed by atoms with E-state index >= 15 is 0 Å². The zero-order valence-electron chi connectivity index (χ0n) is 17.2. The molecule has 1 aromatic rings. The summed E-state index contributed by atoms with van der Waals surface area (Å²) >= 11 is 1.32. The molecule has 0 radical (unpaired) electrons. The minimum atomic E-state index is -1.13. The number of carboxylic acids is 1. The fraction of sp³-hybridized carbons (Fsp3) is 0.500. The van der Waals surface area contributed by atoms with Crippen molar-refractivity contribution in [1.82, 2.24) is 15.1 Å². The zero-order valence-corrected chi connectivity index (χ0v) is 18.0. The molecule has 3 fully saturated rings. The number of likely N-dealkylation sites (tertiary alicyclic amines) is 1. The topological polar surface area (TPSA) is 157 Å². The van der Waals surface area contributed by atoms with Crippen LogP contribution in [0.15, 0.2) is 18.2 Å². The molecule has 11 nitrogen and oxygen atoms in total. The Bertz CT molecular complexity index is 988. The number of β-lactam (4-membered cyclic amide) rings is 1. The van der Waals surface area contributed by atoms with E-state index in [0.29, 0.717) is 13.0 Å². The number of amides is 3. The third kappa shape index (κ3) is 3.90. The molecule has 1 aromatic carbocycles. The number of hydrogen-bond acceptors (Lipinski definition) is 8. The maximum absolute atomic E-state index is 12.6. The molecular formula is C20H23N3O8S. The minimum Gasteiger partial charge on any atom is -0.504 e. The molecule has 0 saturated carbocycles. The van der Waals surface area contributed by atoms with Gasteiger partial charge < -0.3 is 35.2 Å². The summed E-state index contributed by atoms with van der Waals surface area (Å²) in [5.74, 6) is -2.41. The molecule has 4 atom stereocenters. The summed E-state index contributed by atoms with van der Waals surface area (Å²) in [6.07, 6.45) is 0.0538. The Balaban J connectivity index is 1.29. The number of alkyl carbamates (subject to hydrolysis) is 1. The molecule has 12 heteroatoms. The van der Waals surface area contributed by atoms with E-state index in [-0.39, 0.29) is 54.1 Å². The molecule has 32 heavy (non-hydrogen) atoms. The predicted octanol–water partition coefficient (Wildman–Crippen LogP) is 0.556. The lowest BCUT2D eigenvalue weighted by atomic mass is 9.97. The maximum atomic E-state index is 12.6. The van der Waals surface area contributed by atoms with Gasteiger partial charge in [0.05, 0.1) is 22.6 Å². The minimum absolute atomic E-state index is 0.178. The molecule has 3 aliphatic heterocycles. The Morgan fingerprint density at radius 3 is 2.69 bits per heavy atom. The van der Waals surface area contributed by atoms with E-state index in [2.05, 4.69) is 5.32 Å². The summed E-state index contributed by atoms with van der Waals surface area (Å²) in [5, 5.41) is 31.0. The smallest absolute Gasteiger partial charge is 0.407 e. The number of nitrogens with zero attached hydrogens (tertiary/aromatic N) is 2. The number of aliphatic carboxylic acids is 1. The largest absolute Gasteiger partial charge is 0.504 e. The van der Waals surface area contributed by atoms with Crippen molar-refractivity contribution in [2.45, 2.75) is 42.0 Å². The number of thioether (sulfide) groups is 1. The lowest BCUT2D eigenvalue weighted by Crippen LogP contribution is -2.58. The lowest BCUT2D eigenvalue weighted by Gasteiger charge is -2.36. The van der Waals surface area contributed by atoms with Crippen LogP contribution < -0.4 is 5.32 Å². The Hall–Kier alpha value is -3.15. The monoisotopic (exact) mass is 465 g/mol. The molecule has 3 aliphatic rings. The number of carbonyl (C=O) groups is 4. The van der Waals surface area contributed by atoms with Gasteiger partial charge in [-0.25, -0.2) is 9.59 Å². The number of rotatable bonds is 5. The maximum Gasteiger partial charge on any atom is 0.407 e. The number of ether oxygens (including phenoxy) is 1. The van der Waals surface area contributed by atoms with Crippen molar-refractivity contribution in [3.8, 4) is 11.5 Å². The van der Waals surface area contributed by atoms with Gasteiger partial charge in [0.2, 0.25) is 5.91 Å². The molecule has 0 bridgehead atoms. The summed E-state index contributed by atoms with van der Waals surface area (Å²) in [4.78, 5) is 51.2. The van der Waals surface area contributed by atoms with Gasteiger partial charge in [-0.2, -0.15) is 0 Å². The van der Waals surface area contributed by atoms with E-state index in [9.17, 15) is 34.5 Å². The molecule has 0 aromatic heterocycles. The second-order valence-electron chi connectivity index (χ2n) is 8.29. The quantitative estimate of drug-likeness (QED) is 0.360. The first kappa shape index (κ1) is 22.1. The second-order valence-corrected chi connectivity index (χ2v) is 10.0. The molecule has 3 heterocycles. The van der Waals surface area contributed by atoms with Gasteiger partial charge in [-0.15, -0.1) is 11.8 Å². The Morgan fingerprint density at radius 2 is 2.03 bits per heavy atom. The summed E-state index contributed by atoms with van der Waals surface area (Å²) in [7, 11) is 0. The van der Waals surface area contributed by atoms with Gasteiger partial charge in [0.1, 0.15) is 12.6 Å². The van der Waals surface area contributed by atoms with Gasteiger partial charge in [-0.3, -0.25) is 9.59 Å². The van der Waals surface area contributed by atoms with E-state index in [0.717, 1.165) is 0 Å². The number of fused-ring (bicyclic) bond motifs is 1. The number of benzene rings is 1. The summed E-state index contributed by atoms with van der Waals surface area (Å²) in [6.45, 7) is 2.11. The van der Waals surface area contributed by atoms with Crippen LogP contribution in [0.25, 0.3) is 0 Å². The van der Waals surface area contributed by atoms with Gasteiger partial charge in [0.15, 0.2) is 11.5 Å². The summed E-state index contributed by atoms with van der Waals surface area (Å²) in [6, 6.07) is 2.40. The standard InChI is InChI=1S/C20H23N3O8S/c1-20(16(18(28)29)23-14(26)7-15(23)32-20)9-31-19(30)21-11-4-5-22(8-11)17(27)10-2-3-12(24)13(25)6-10/h2-3,6,11,15-16,24-25H,4-5,7-9H2,1H3,(H,21,30)(H,28,29)/t11?,15-,16+,20+/m1/s1. The summed E-state index contributed by atoms with van der Waals surface area (Å²) < 4.78 is 4.34. The van der Waals surface area contributed by atoms with Gasteiger partial charge in [-0.05, 0) is 31.5 Å². The Morgan fingerprint density at radius 1 is 1.28 bits per heavy atom. The number of phenols is 2. The van der Waals surface area contributed by atoms with E-state index in [1.54, 1.807) is 6.92 Å². The number of carboxylic acid groups (broad SMARTS) is 1. The van der Waals surface area contributed by atoms with Gasteiger partial charge in [-0.1, -0.05) is 0 Å². The van der Waals surface area contributed by atoms with Crippen LogP contribution in [0.3, 0.4) is 0 Å². The van der Waals surface area contributed by atoms with E-state index in [1.807, 2.05) is 0 Å². The van der Waals surface area contributed by atoms with Crippen molar-refractivity contribution in [2.75, 3.05) is 19.7 Å². The Labute approximate surface area is 187 Å². The van der Waals surface area contributed by atoms with Gasteiger partial charge in [0.25, 0.3) is 5.91 Å². The normalized spacial score (nSPS) is 28.8. The highest BCUT2D eigenvalue weighted by Crippen LogP contribution is 2.51. The Kier molecular flexibility index (Phi) is 5.57. The number of aromatic hydroxyl groups is 2. The van der Waals surface area contributed by atoms with Crippen LogP contribution >= 0.6 is 11.8 Å². The average Bonchev–Trinajstić information content (AvgIpc) is 3.28. The van der Waals surface area contributed by atoms with Crippen molar-refractivity contribution >= 4 is 35.6 Å². The first-order valence-corrected chi connectivity index (χ1v) is 10.9. The third-order valence-electron chi connectivity index (χ3n) is 5.95. The summed E-state index contributed by atoms with van der Waals surface area (Å²) in [5.41, 5.74) is 0.216. The van der Waals surface area contributed by atoms with Crippen molar-refractivity contribution in [1.29, 1.82) is 0 Å². The fourth-order valence-electron chi connectivity index (χ4n) is 4.29. The fourth-order valence-corrected chi connectivity index (χ4v) is 5.96. The highest BCUT2D eigenvalue weighted by molar-refractivity contribution is 8.01. The molecule has 1 unspecified atom stereocenters. The van der Waals surface area contributed by atoms with Crippen molar-refractivity contribution < 1.29 is 39.2 Å². The van der Waals surface area contributed by atoms with Crippen molar-refractivity contribution in [3.05, 3.63) is 23.8 Å². The average molecular weight is 465 g/mol. The van der Waals surface area contributed by atoms with E-state index in [4.69, 9.17) is 4.74 Å². The van der Waals surface area contributed by atoms with Gasteiger partial charge >= 0.3 is 12.1 Å². The van der Waals surface area contributed by atoms with E-state index in [1.165, 1.54) is 39.8 Å². The molecule has 0 spiro atoms. The molecule has 3 saturated heterocycles. The highest BCUT2D eigenvalue weighted by Gasteiger charge is 2.61. The first-order chi connectivity index (χ1) is 15.1. The lowest BCUT2D eigenvalue weighted by molar-refractivity contribution is -0.157. The van der Waals surface area contributed by atoms with Crippen LogP contribution in [0, 0.1) is 0 Å². The predicted molar refractivity (Wildman–Crippen MR) is 111 cm³/mol. The van der Waals surface area contributed by atoms with Crippen LogP contribution in [0.5, 0.6) is 11.5 Å². The van der Waals surface area contributed by atoms with Crippen LogP contribution in [-0.2, 0) is 14.3 Å². The van der Waals surface area contributed by atoms with E-state index < -0.39 is 28.6 Å². The highest BCUT2D eigenvalue weighted by atomic mass is 32.2. The second kappa shape index (κ2) is 8.08.